The number of hydrogen-bond donors (Lipinski definition) is 4. The molecule has 4 N–H and O–H groups in total. The second kappa shape index (κ2) is 25.2. The van der Waals surface area contributed by atoms with E-state index in [-0.39, 0.29) is 49.2 Å². The summed E-state index contributed by atoms with van der Waals surface area (Å²) in [6.07, 6.45) is 3.60. The van der Waals surface area contributed by atoms with Gasteiger partial charge in [0.05, 0.1) is 25.9 Å². The molecule has 3 aliphatic carbocycles. The second-order valence-corrected chi connectivity index (χ2v) is 23.5. The number of ether oxygens (including phenoxy) is 4. The average Bonchev–Trinajstić information content (AvgIpc) is 3.58. The molecule has 0 aliphatic heterocycles. The molecule has 7 atom stereocenters. The van der Waals surface area contributed by atoms with E-state index in [0.717, 1.165) is 71.7 Å². The van der Waals surface area contributed by atoms with Gasteiger partial charge in [-0.2, -0.15) is 13.2 Å². The molecular weight excluding hydrogens is 956 g/mol. The lowest BCUT2D eigenvalue weighted by Gasteiger charge is -2.50. The van der Waals surface area contributed by atoms with E-state index in [2.05, 4.69) is 27.4 Å². The van der Waals surface area contributed by atoms with Crippen LogP contribution in [0.3, 0.4) is 0 Å². The van der Waals surface area contributed by atoms with E-state index in [9.17, 15) is 27.2 Å². The van der Waals surface area contributed by atoms with Crippen molar-refractivity contribution >= 4 is 37.2 Å². The third-order valence-electron chi connectivity index (χ3n) is 13.1. The van der Waals surface area contributed by atoms with E-state index in [1.54, 1.807) is 21.6 Å². The quantitative estimate of drug-likeness (QED) is 0.0262. The molecule has 2 saturated carbocycles. The number of fused-ring (bicyclic) bond motifs is 5. The number of halogens is 5. The molecule has 7 unspecified atom stereocenters. The molecular formula is C44H66F5NO12P2S2. The highest BCUT2D eigenvalue weighted by atomic mass is 33.1. The zero-order chi connectivity index (χ0) is 48.2. The lowest BCUT2D eigenvalue weighted by molar-refractivity contribution is -0.264. The van der Waals surface area contributed by atoms with Crippen LogP contribution in [-0.4, -0.2) is 97.4 Å². The number of rotatable bonds is 29. The maximum absolute atomic E-state index is 15.2. The molecule has 5 rings (SSSR count). The average molecular weight is 1020 g/mol. The fraction of sp³-hybridized carbons (Fsp3) is 0.727. The zero-order valence-corrected chi connectivity index (χ0v) is 41.5. The number of benzene rings is 2. The number of phosphoric acid groups is 2. The van der Waals surface area contributed by atoms with Gasteiger partial charge in [0.1, 0.15) is 23.1 Å². The standard InChI is InChI=1S/C44H66F5NO12P2S2/c1-42(2,44(47,48)49)59-20-7-19-58-41-14-13-38-36-11-9-31-24-32(10-12-34(31)35(36)15-16-43(38,41)3)62-33-25-39(45)37(40(46)26-33)27-50-17-6-22-65-66-23-21-57-18-5-8-30(28-60-63(51,52)53)29-61-64(54,55)56-4/h10,12,24-26,30,35-36,38,41,50H,5-9,11,13-23,27-29H2,1-4H3,(H,54,55)(H2,51,52,53). The Bertz CT molecular complexity index is 1930. The monoisotopic (exact) mass is 1020 g/mol. The molecule has 2 fully saturated rings. The molecule has 0 bridgehead atoms. The van der Waals surface area contributed by atoms with Gasteiger partial charge in [0, 0.05) is 68.6 Å². The van der Waals surface area contributed by atoms with Crippen LogP contribution in [0.4, 0.5) is 22.0 Å². The third-order valence-corrected chi connectivity index (χ3v) is 17.0. The van der Waals surface area contributed by atoms with Crippen molar-refractivity contribution < 1.29 is 78.3 Å². The maximum Gasteiger partial charge on any atom is 0.471 e. The summed E-state index contributed by atoms with van der Waals surface area (Å²) in [5.74, 6) is 1.59. The van der Waals surface area contributed by atoms with Crippen LogP contribution in [0.1, 0.15) is 101 Å². The Morgan fingerprint density at radius 3 is 2.32 bits per heavy atom. The highest BCUT2D eigenvalue weighted by molar-refractivity contribution is 8.76. The lowest BCUT2D eigenvalue weighted by atomic mass is 9.55. The number of aryl methyl sites for hydroxylation is 1. The summed E-state index contributed by atoms with van der Waals surface area (Å²) in [6.45, 7) is 5.52. The summed E-state index contributed by atoms with van der Waals surface area (Å²) in [5, 5.41) is 3.11. The fourth-order valence-electron chi connectivity index (χ4n) is 9.41. The van der Waals surface area contributed by atoms with E-state index < -0.39 is 45.0 Å². The normalized spacial score (nSPS) is 23.5. The predicted octanol–water partition coefficient (Wildman–Crippen LogP) is 10.9. The largest absolute Gasteiger partial charge is 0.471 e. The molecule has 2 aromatic carbocycles. The summed E-state index contributed by atoms with van der Waals surface area (Å²) >= 11 is 0. The minimum atomic E-state index is -4.72. The molecule has 0 heterocycles. The van der Waals surface area contributed by atoms with Crippen LogP contribution >= 0.6 is 37.2 Å². The van der Waals surface area contributed by atoms with Crippen molar-refractivity contribution in [1.82, 2.24) is 5.32 Å². The molecule has 22 heteroatoms. The van der Waals surface area contributed by atoms with Gasteiger partial charge in [0.25, 0.3) is 0 Å². The molecule has 0 aromatic heterocycles. The summed E-state index contributed by atoms with van der Waals surface area (Å²) in [6, 6.07) is 8.41. The third kappa shape index (κ3) is 16.4. The van der Waals surface area contributed by atoms with E-state index in [1.165, 1.54) is 23.3 Å². The van der Waals surface area contributed by atoms with Crippen molar-refractivity contribution in [1.29, 1.82) is 0 Å². The minimum Gasteiger partial charge on any atom is -0.457 e. The smallest absolute Gasteiger partial charge is 0.457 e. The fourth-order valence-corrected chi connectivity index (χ4v) is 12.3. The van der Waals surface area contributed by atoms with Crippen molar-refractivity contribution in [2.24, 2.45) is 23.2 Å². The van der Waals surface area contributed by atoms with Crippen molar-refractivity contribution in [2.75, 3.05) is 64.8 Å². The van der Waals surface area contributed by atoms with Crippen molar-refractivity contribution in [3.05, 3.63) is 58.7 Å². The van der Waals surface area contributed by atoms with Gasteiger partial charge < -0.3 is 38.9 Å². The lowest BCUT2D eigenvalue weighted by Crippen LogP contribution is -2.45. The molecule has 376 valence electrons. The van der Waals surface area contributed by atoms with Crippen molar-refractivity contribution in [3.63, 3.8) is 0 Å². The van der Waals surface area contributed by atoms with Crippen molar-refractivity contribution in [3.8, 4) is 11.5 Å². The molecule has 0 spiro atoms. The first-order valence-corrected chi connectivity index (χ1v) is 28.0. The molecule has 2 aromatic rings. The first-order chi connectivity index (χ1) is 31.1. The van der Waals surface area contributed by atoms with Crippen LogP contribution in [0.2, 0.25) is 0 Å². The summed E-state index contributed by atoms with van der Waals surface area (Å²) in [4.78, 5) is 27.4. The summed E-state index contributed by atoms with van der Waals surface area (Å²) < 4.78 is 129. The van der Waals surface area contributed by atoms with Crippen LogP contribution < -0.4 is 10.1 Å². The molecule has 0 radical (unpaired) electrons. The Balaban J connectivity index is 0.963. The number of hydrogen-bond acceptors (Lipinski definition) is 12. The maximum atomic E-state index is 15.2. The van der Waals surface area contributed by atoms with Crippen LogP contribution in [0.15, 0.2) is 30.3 Å². The number of nitrogens with one attached hydrogen (secondary N) is 1. The highest BCUT2D eigenvalue weighted by Crippen LogP contribution is 2.61. The molecule has 3 aliphatic rings. The number of phosphoric ester groups is 2. The predicted molar refractivity (Wildman–Crippen MR) is 243 cm³/mol. The van der Waals surface area contributed by atoms with E-state index >= 15 is 8.78 Å². The van der Waals surface area contributed by atoms with Gasteiger partial charge in [0.2, 0.25) is 0 Å². The van der Waals surface area contributed by atoms with Crippen LogP contribution in [-0.2, 0) is 49.9 Å². The highest BCUT2D eigenvalue weighted by Gasteiger charge is 2.55. The van der Waals surface area contributed by atoms with E-state index in [4.69, 9.17) is 33.3 Å². The Kier molecular flexibility index (Phi) is 21.2. The van der Waals surface area contributed by atoms with E-state index in [1.807, 2.05) is 12.1 Å². The Morgan fingerprint density at radius 2 is 1.61 bits per heavy atom. The van der Waals surface area contributed by atoms with Crippen LogP contribution in [0.5, 0.6) is 11.5 Å². The van der Waals surface area contributed by atoms with Gasteiger partial charge in [-0.3, -0.25) is 13.6 Å². The Morgan fingerprint density at radius 1 is 0.879 bits per heavy atom. The SMILES string of the molecule is COP(=O)(O)OCC(CCCOCCSSCCCNCc1c(F)cc(Oc2ccc3c(c2)CCC2C3CCC3(C)C(OCCCOC(C)(C)C(F)(F)F)CCC23)cc1F)COP(=O)(O)O. The first kappa shape index (κ1) is 55.6. The van der Waals surface area contributed by atoms with Gasteiger partial charge in [0.15, 0.2) is 5.60 Å². The van der Waals surface area contributed by atoms with Crippen LogP contribution in [0, 0.1) is 34.8 Å². The topological polar surface area (TPSA) is 171 Å². The second-order valence-electron chi connectivity index (χ2n) is 18.0. The molecule has 13 nitrogen and oxygen atoms in total. The van der Waals surface area contributed by atoms with Crippen LogP contribution in [0.25, 0.3) is 0 Å². The van der Waals surface area contributed by atoms with Gasteiger partial charge in [-0.15, -0.1) is 0 Å². The molecule has 0 saturated heterocycles. The van der Waals surface area contributed by atoms with Gasteiger partial charge in [-0.05, 0) is 131 Å². The van der Waals surface area contributed by atoms with Gasteiger partial charge in [-0.25, -0.2) is 17.9 Å². The van der Waals surface area contributed by atoms with Gasteiger partial charge >= 0.3 is 21.8 Å². The summed E-state index contributed by atoms with van der Waals surface area (Å²) in [5.41, 5.74) is 0.269. The summed E-state index contributed by atoms with van der Waals surface area (Å²) in [7, 11) is -4.68. The Hall–Kier alpha value is -1.35. The van der Waals surface area contributed by atoms with Gasteiger partial charge in [-0.1, -0.05) is 34.6 Å². The first-order valence-electron chi connectivity index (χ1n) is 22.5. The minimum absolute atomic E-state index is 0.0127. The Labute approximate surface area is 392 Å². The molecule has 66 heavy (non-hydrogen) atoms. The molecule has 0 amide bonds. The van der Waals surface area contributed by atoms with Crippen molar-refractivity contribution in [2.45, 2.75) is 115 Å². The zero-order valence-electron chi connectivity index (χ0n) is 38.0. The van der Waals surface area contributed by atoms with E-state index in [0.29, 0.717) is 74.9 Å². The number of alkyl halides is 3.